The molecule has 1 unspecified atom stereocenters. The number of hydrogen-bond acceptors (Lipinski definition) is 5. The lowest BCUT2D eigenvalue weighted by Crippen LogP contribution is -2.38. The standard InChI is InChI=1S/C15H24N2O3S/c1-9-13(21-15(16-9)10(2)20-3)14(19)17-12-6-4-11(8-18)5-7-12/h10-12,18H,4-8H2,1-3H3,(H,17,19). The number of carbonyl (C=O) groups is 1. The Labute approximate surface area is 129 Å². The van der Waals surface area contributed by atoms with Crippen molar-refractivity contribution in [3.05, 3.63) is 15.6 Å². The molecule has 2 N–H and O–H groups in total. The van der Waals surface area contributed by atoms with E-state index in [0.717, 1.165) is 36.4 Å². The molecule has 1 aliphatic rings. The van der Waals surface area contributed by atoms with Gasteiger partial charge in [0.2, 0.25) is 0 Å². The number of aliphatic hydroxyl groups excluding tert-OH is 1. The normalized spacial score (nSPS) is 23.8. The molecule has 5 nitrogen and oxygen atoms in total. The first-order chi connectivity index (χ1) is 10.0. The third kappa shape index (κ3) is 4.02. The summed E-state index contributed by atoms with van der Waals surface area (Å²) in [4.78, 5) is 17.5. The fraction of sp³-hybridized carbons (Fsp3) is 0.733. The highest BCUT2D eigenvalue weighted by Gasteiger charge is 2.24. The smallest absolute Gasteiger partial charge is 0.263 e. The Balaban J connectivity index is 1.96. The van der Waals surface area contributed by atoms with E-state index >= 15 is 0 Å². The number of ether oxygens (including phenoxy) is 1. The number of methoxy groups -OCH3 is 1. The van der Waals surface area contributed by atoms with Crippen LogP contribution in [0.2, 0.25) is 0 Å². The largest absolute Gasteiger partial charge is 0.396 e. The van der Waals surface area contributed by atoms with E-state index in [4.69, 9.17) is 9.84 Å². The second-order valence-corrected chi connectivity index (χ2v) is 6.75. The maximum absolute atomic E-state index is 12.4. The minimum atomic E-state index is -0.0877. The van der Waals surface area contributed by atoms with Gasteiger partial charge < -0.3 is 15.2 Å². The Morgan fingerprint density at radius 2 is 2.14 bits per heavy atom. The SMILES string of the molecule is COC(C)c1nc(C)c(C(=O)NC2CCC(CO)CC2)s1. The van der Waals surface area contributed by atoms with Crippen LogP contribution in [0.1, 0.15) is 59.1 Å². The van der Waals surface area contributed by atoms with Crippen molar-refractivity contribution in [1.29, 1.82) is 0 Å². The van der Waals surface area contributed by atoms with Gasteiger partial charge in [0.15, 0.2) is 0 Å². The number of rotatable bonds is 5. The van der Waals surface area contributed by atoms with Gasteiger partial charge in [-0.2, -0.15) is 0 Å². The lowest BCUT2D eigenvalue weighted by Gasteiger charge is -2.27. The first-order valence-corrected chi connectivity index (χ1v) is 8.28. The first kappa shape index (κ1) is 16.4. The Bertz CT molecular complexity index is 481. The summed E-state index contributed by atoms with van der Waals surface area (Å²) in [6.07, 6.45) is 3.76. The van der Waals surface area contributed by atoms with Crippen LogP contribution in [0.5, 0.6) is 0 Å². The van der Waals surface area contributed by atoms with E-state index in [1.807, 2.05) is 13.8 Å². The summed E-state index contributed by atoms with van der Waals surface area (Å²) < 4.78 is 5.25. The summed E-state index contributed by atoms with van der Waals surface area (Å²) in [6, 6.07) is 0.213. The number of carbonyl (C=O) groups excluding carboxylic acids is 1. The molecule has 21 heavy (non-hydrogen) atoms. The zero-order valence-electron chi connectivity index (χ0n) is 12.9. The van der Waals surface area contributed by atoms with E-state index in [-0.39, 0.29) is 24.7 Å². The van der Waals surface area contributed by atoms with Gasteiger partial charge in [0.1, 0.15) is 16.0 Å². The summed E-state index contributed by atoms with van der Waals surface area (Å²) in [6.45, 7) is 4.04. The predicted octanol–water partition coefficient (Wildman–Crippen LogP) is 2.44. The molecule has 1 heterocycles. The molecule has 0 aliphatic heterocycles. The summed E-state index contributed by atoms with van der Waals surface area (Å²) >= 11 is 1.41. The van der Waals surface area contributed by atoms with Crippen LogP contribution in [0.25, 0.3) is 0 Å². The minimum Gasteiger partial charge on any atom is -0.396 e. The van der Waals surface area contributed by atoms with Gasteiger partial charge in [-0.15, -0.1) is 11.3 Å². The Morgan fingerprint density at radius 3 is 2.71 bits per heavy atom. The Morgan fingerprint density at radius 1 is 1.48 bits per heavy atom. The van der Waals surface area contributed by atoms with Gasteiger partial charge in [-0.3, -0.25) is 4.79 Å². The summed E-state index contributed by atoms with van der Waals surface area (Å²) in [5.74, 6) is 0.365. The van der Waals surface area contributed by atoms with Crippen molar-refractivity contribution in [3.8, 4) is 0 Å². The monoisotopic (exact) mass is 312 g/mol. The molecule has 2 rings (SSSR count). The highest BCUT2D eigenvalue weighted by Crippen LogP contribution is 2.27. The van der Waals surface area contributed by atoms with Crippen LogP contribution in [0, 0.1) is 12.8 Å². The predicted molar refractivity (Wildman–Crippen MR) is 82.6 cm³/mol. The van der Waals surface area contributed by atoms with Crippen molar-refractivity contribution in [2.24, 2.45) is 5.92 Å². The zero-order valence-corrected chi connectivity index (χ0v) is 13.7. The number of amides is 1. The van der Waals surface area contributed by atoms with Crippen LogP contribution in [-0.4, -0.2) is 35.8 Å². The molecule has 1 amide bonds. The number of hydrogen-bond donors (Lipinski definition) is 2. The minimum absolute atomic E-state index is 0.0352. The van der Waals surface area contributed by atoms with Crippen molar-refractivity contribution in [2.75, 3.05) is 13.7 Å². The molecule has 0 spiro atoms. The van der Waals surface area contributed by atoms with Crippen LogP contribution >= 0.6 is 11.3 Å². The van der Waals surface area contributed by atoms with Gasteiger partial charge in [-0.1, -0.05) is 0 Å². The molecule has 118 valence electrons. The molecule has 0 saturated heterocycles. The summed E-state index contributed by atoms with van der Waals surface area (Å²) in [5.41, 5.74) is 0.764. The summed E-state index contributed by atoms with van der Waals surface area (Å²) in [5, 5.41) is 13.1. The number of aromatic nitrogens is 1. The molecule has 1 saturated carbocycles. The van der Waals surface area contributed by atoms with Gasteiger partial charge in [0.25, 0.3) is 5.91 Å². The molecule has 1 fully saturated rings. The van der Waals surface area contributed by atoms with Crippen LogP contribution in [0.4, 0.5) is 0 Å². The maximum atomic E-state index is 12.4. The molecular weight excluding hydrogens is 288 g/mol. The van der Waals surface area contributed by atoms with E-state index in [9.17, 15) is 4.79 Å². The van der Waals surface area contributed by atoms with Gasteiger partial charge in [-0.25, -0.2) is 4.98 Å². The maximum Gasteiger partial charge on any atom is 0.263 e. The van der Waals surface area contributed by atoms with E-state index < -0.39 is 0 Å². The molecule has 0 bridgehead atoms. The second kappa shape index (κ2) is 7.33. The Kier molecular flexibility index (Phi) is 5.72. The average molecular weight is 312 g/mol. The molecular formula is C15H24N2O3S. The number of nitrogens with one attached hydrogen (secondary N) is 1. The van der Waals surface area contributed by atoms with Crippen molar-refractivity contribution >= 4 is 17.2 Å². The highest BCUT2D eigenvalue weighted by molar-refractivity contribution is 7.13. The lowest BCUT2D eigenvalue weighted by atomic mass is 9.86. The first-order valence-electron chi connectivity index (χ1n) is 7.47. The van der Waals surface area contributed by atoms with Crippen LogP contribution in [0.3, 0.4) is 0 Å². The van der Waals surface area contributed by atoms with Crippen LogP contribution < -0.4 is 5.32 Å². The second-order valence-electron chi connectivity index (χ2n) is 5.72. The number of thiazole rings is 1. The van der Waals surface area contributed by atoms with E-state index in [2.05, 4.69) is 10.3 Å². The fourth-order valence-corrected chi connectivity index (χ4v) is 3.64. The van der Waals surface area contributed by atoms with E-state index in [0.29, 0.717) is 10.8 Å². The quantitative estimate of drug-likeness (QED) is 0.876. The molecule has 0 aromatic carbocycles. The highest BCUT2D eigenvalue weighted by atomic mass is 32.1. The van der Waals surface area contributed by atoms with Gasteiger partial charge in [-0.05, 0) is 45.4 Å². The third-order valence-electron chi connectivity index (χ3n) is 4.16. The number of nitrogens with zero attached hydrogens (tertiary/aromatic N) is 1. The molecule has 0 radical (unpaired) electrons. The van der Waals surface area contributed by atoms with Gasteiger partial charge in [0, 0.05) is 19.8 Å². The third-order valence-corrected chi connectivity index (χ3v) is 5.48. The van der Waals surface area contributed by atoms with Crippen LogP contribution in [-0.2, 0) is 4.74 Å². The fourth-order valence-electron chi connectivity index (χ4n) is 2.64. The van der Waals surface area contributed by atoms with E-state index in [1.54, 1.807) is 7.11 Å². The van der Waals surface area contributed by atoms with Gasteiger partial charge >= 0.3 is 0 Å². The lowest BCUT2D eigenvalue weighted by molar-refractivity contribution is 0.0917. The van der Waals surface area contributed by atoms with Crippen molar-refractivity contribution in [2.45, 2.75) is 51.7 Å². The van der Waals surface area contributed by atoms with Gasteiger partial charge in [0.05, 0.1) is 5.69 Å². The topological polar surface area (TPSA) is 71.5 Å². The van der Waals surface area contributed by atoms with Crippen molar-refractivity contribution < 1.29 is 14.6 Å². The van der Waals surface area contributed by atoms with Crippen molar-refractivity contribution in [3.63, 3.8) is 0 Å². The van der Waals surface area contributed by atoms with E-state index in [1.165, 1.54) is 11.3 Å². The molecule has 6 heteroatoms. The molecule has 1 atom stereocenters. The number of aliphatic hydroxyl groups is 1. The van der Waals surface area contributed by atoms with Crippen LogP contribution in [0.15, 0.2) is 0 Å². The molecule has 1 aromatic rings. The van der Waals surface area contributed by atoms with Crippen molar-refractivity contribution in [1.82, 2.24) is 10.3 Å². The zero-order chi connectivity index (χ0) is 15.4. The molecule has 1 aliphatic carbocycles. The summed E-state index contributed by atoms with van der Waals surface area (Å²) in [7, 11) is 1.64. The Hall–Kier alpha value is -0.980. The molecule has 1 aromatic heterocycles. The number of aryl methyl sites for hydroxylation is 1. The average Bonchev–Trinajstić information content (AvgIpc) is 2.89.